The number of amides is 1. The van der Waals surface area contributed by atoms with E-state index in [1.807, 2.05) is 0 Å². The Labute approximate surface area is 88.4 Å². The normalized spacial score (nSPS) is 20.9. The topological polar surface area (TPSA) is 102 Å². The molecule has 0 bridgehead atoms. The van der Waals surface area contributed by atoms with Crippen LogP contribution in [0.3, 0.4) is 0 Å². The molecule has 1 fully saturated rings. The van der Waals surface area contributed by atoms with Crippen LogP contribution in [0.15, 0.2) is 0 Å². The highest BCUT2D eigenvalue weighted by Crippen LogP contribution is 2.09. The number of halogens is 1. The third-order valence-electron chi connectivity index (χ3n) is 2.05. The summed E-state index contributed by atoms with van der Waals surface area (Å²) in [5.41, 5.74) is 5.15. The summed E-state index contributed by atoms with van der Waals surface area (Å²) in [6, 6.07) is -0.0117. The summed E-state index contributed by atoms with van der Waals surface area (Å²) < 4.78 is 0. The van der Waals surface area contributed by atoms with Crippen molar-refractivity contribution in [2.75, 3.05) is 13.1 Å². The minimum atomic E-state index is -0.907. The number of carboxylic acid groups (broad SMARTS) is 1. The SMILES string of the molecule is Cl.N=C(N)N[C@@H]1CCCN(C(=O)O)C1. The summed E-state index contributed by atoms with van der Waals surface area (Å²) in [5, 5.41) is 18.4. The highest BCUT2D eigenvalue weighted by molar-refractivity contribution is 5.85. The second-order valence-corrected chi connectivity index (χ2v) is 3.13. The van der Waals surface area contributed by atoms with Gasteiger partial charge in [-0.3, -0.25) is 5.41 Å². The van der Waals surface area contributed by atoms with Crippen LogP contribution in [0.2, 0.25) is 0 Å². The van der Waals surface area contributed by atoms with Gasteiger partial charge in [0.1, 0.15) is 0 Å². The number of rotatable bonds is 1. The molecule has 0 unspecified atom stereocenters. The molecule has 1 rings (SSSR count). The highest BCUT2D eigenvalue weighted by Gasteiger charge is 2.22. The minimum absolute atomic E-state index is 0. The number of guanidine groups is 1. The number of piperidine rings is 1. The third-order valence-corrected chi connectivity index (χ3v) is 2.05. The van der Waals surface area contributed by atoms with Gasteiger partial charge in [0.05, 0.1) is 0 Å². The lowest BCUT2D eigenvalue weighted by Crippen LogP contribution is -2.50. The van der Waals surface area contributed by atoms with Crippen molar-refractivity contribution in [1.82, 2.24) is 10.2 Å². The van der Waals surface area contributed by atoms with E-state index in [2.05, 4.69) is 5.32 Å². The summed E-state index contributed by atoms with van der Waals surface area (Å²) in [7, 11) is 0. The van der Waals surface area contributed by atoms with E-state index >= 15 is 0 Å². The number of hydrogen-bond acceptors (Lipinski definition) is 2. The van der Waals surface area contributed by atoms with E-state index in [-0.39, 0.29) is 24.4 Å². The zero-order valence-corrected chi connectivity index (χ0v) is 8.51. The predicted octanol–water partition coefficient (Wildman–Crippen LogP) is 0.0337. The van der Waals surface area contributed by atoms with Crippen molar-refractivity contribution in [3.8, 4) is 0 Å². The lowest BCUT2D eigenvalue weighted by Gasteiger charge is -2.31. The molecule has 0 spiro atoms. The molecule has 0 aromatic rings. The van der Waals surface area contributed by atoms with Crippen molar-refractivity contribution in [3.05, 3.63) is 0 Å². The Hall–Kier alpha value is -1.17. The fourth-order valence-electron chi connectivity index (χ4n) is 1.49. The molecule has 0 aromatic carbocycles. The van der Waals surface area contributed by atoms with Gasteiger partial charge in [0.15, 0.2) is 5.96 Å². The van der Waals surface area contributed by atoms with Crippen LogP contribution in [0.4, 0.5) is 4.79 Å². The Bertz CT molecular complexity index is 224. The van der Waals surface area contributed by atoms with Gasteiger partial charge in [0.2, 0.25) is 0 Å². The fourth-order valence-corrected chi connectivity index (χ4v) is 1.49. The molecule has 0 aliphatic carbocycles. The Morgan fingerprint density at radius 2 is 2.29 bits per heavy atom. The van der Waals surface area contributed by atoms with E-state index in [0.29, 0.717) is 13.1 Å². The van der Waals surface area contributed by atoms with Crippen molar-refractivity contribution in [1.29, 1.82) is 5.41 Å². The second-order valence-electron chi connectivity index (χ2n) is 3.13. The van der Waals surface area contributed by atoms with Crippen LogP contribution in [-0.4, -0.2) is 41.2 Å². The van der Waals surface area contributed by atoms with E-state index in [4.69, 9.17) is 16.2 Å². The van der Waals surface area contributed by atoms with Crippen LogP contribution < -0.4 is 11.1 Å². The number of hydrogen-bond donors (Lipinski definition) is 4. The van der Waals surface area contributed by atoms with Crippen molar-refractivity contribution in [2.24, 2.45) is 5.73 Å². The first-order chi connectivity index (χ1) is 6.09. The minimum Gasteiger partial charge on any atom is -0.465 e. The second kappa shape index (κ2) is 5.54. The molecule has 1 aliphatic rings. The maximum atomic E-state index is 10.6. The zero-order chi connectivity index (χ0) is 9.84. The summed E-state index contributed by atoms with van der Waals surface area (Å²) >= 11 is 0. The van der Waals surface area contributed by atoms with Gasteiger partial charge in [-0.2, -0.15) is 0 Å². The van der Waals surface area contributed by atoms with E-state index in [1.165, 1.54) is 4.90 Å². The predicted molar refractivity (Wildman–Crippen MR) is 54.9 cm³/mol. The monoisotopic (exact) mass is 222 g/mol. The Kier molecular flexibility index (Phi) is 5.07. The maximum absolute atomic E-state index is 10.6. The number of nitrogens with zero attached hydrogens (tertiary/aromatic N) is 1. The van der Waals surface area contributed by atoms with Crippen LogP contribution in [0, 0.1) is 5.41 Å². The fraction of sp³-hybridized carbons (Fsp3) is 0.714. The van der Waals surface area contributed by atoms with Gasteiger partial charge in [-0.25, -0.2) is 4.79 Å². The number of carbonyl (C=O) groups is 1. The zero-order valence-electron chi connectivity index (χ0n) is 7.69. The molecule has 0 aromatic heterocycles. The molecule has 1 saturated heterocycles. The van der Waals surface area contributed by atoms with Gasteiger partial charge in [-0.1, -0.05) is 0 Å². The Morgan fingerprint density at radius 3 is 2.79 bits per heavy atom. The van der Waals surface area contributed by atoms with Crippen LogP contribution >= 0.6 is 12.4 Å². The number of nitrogens with one attached hydrogen (secondary N) is 2. The molecule has 82 valence electrons. The van der Waals surface area contributed by atoms with Crippen molar-refractivity contribution in [2.45, 2.75) is 18.9 Å². The largest absolute Gasteiger partial charge is 0.465 e. The van der Waals surface area contributed by atoms with Gasteiger partial charge in [-0.15, -0.1) is 12.4 Å². The van der Waals surface area contributed by atoms with Gasteiger partial charge in [0.25, 0.3) is 0 Å². The molecule has 6 nitrogen and oxygen atoms in total. The summed E-state index contributed by atoms with van der Waals surface area (Å²) in [4.78, 5) is 11.9. The first kappa shape index (κ1) is 12.8. The molecular formula is C7H15ClN4O2. The van der Waals surface area contributed by atoms with E-state index < -0.39 is 6.09 Å². The van der Waals surface area contributed by atoms with E-state index in [9.17, 15) is 4.79 Å². The molecule has 0 radical (unpaired) electrons. The smallest absolute Gasteiger partial charge is 0.407 e. The average molecular weight is 223 g/mol. The Balaban J connectivity index is 0.00000169. The lowest BCUT2D eigenvalue weighted by molar-refractivity contribution is 0.128. The number of likely N-dealkylation sites (tertiary alicyclic amines) is 1. The average Bonchev–Trinajstić information content (AvgIpc) is 2.03. The third kappa shape index (κ3) is 3.69. The van der Waals surface area contributed by atoms with Gasteiger partial charge in [-0.05, 0) is 12.8 Å². The molecule has 0 saturated carbocycles. The molecule has 1 aliphatic heterocycles. The molecule has 5 N–H and O–H groups in total. The van der Waals surface area contributed by atoms with Crippen LogP contribution in [-0.2, 0) is 0 Å². The molecule has 14 heavy (non-hydrogen) atoms. The van der Waals surface area contributed by atoms with Gasteiger partial charge in [0, 0.05) is 19.1 Å². The molecule has 7 heteroatoms. The highest BCUT2D eigenvalue weighted by atomic mass is 35.5. The molecule has 1 atom stereocenters. The summed E-state index contributed by atoms with van der Waals surface area (Å²) in [5.74, 6) is -0.0998. The first-order valence-electron chi connectivity index (χ1n) is 4.18. The van der Waals surface area contributed by atoms with Gasteiger partial charge < -0.3 is 21.1 Å². The van der Waals surface area contributed by atoms with Gasteiger partial charge >= 0.3 is 6.09 Å². The van der Waals surface area contributed by atoms with Crippen LogP contribution in [0.5, 0.6) is 0 Å². The standard InChI is InChI=1S/C7H14N4O2.ClH/c8-6(9)10-5-2-1-3-11(4-5)7(12)13;/h5H,1-4H2,(H,12,13)(H4,8,9,10);1H/t5-;/m1./s1. The van der Waals surface area contributed by atoms with Crippen LogP contribution in [0.25, 0.3) is 0 Å². The molecule has 1 heterocycles. The van der Waals surface area contributed by atoms with E-state index in [0.717, 1.165) is 12.8 Å². The molecule has 1 amide bonds. The summed E-state index contributed by atoms with van der Waals surface area (Å²) in [6.07, 6.45) is 0.774. The van der Waals surface area contributed by atoms with E-state index in [1.54, 1.807) is 0 Å². The van der Waals surface area contributed by atoms with Crippen molar-refractivity contribution in [3.63, 3.8) is 0 Å². The maximum Gasteiger partial charge on any atom is 0.407 e. The number of nitrogens with two attached hydrogens (primary N) is 1. The summed E-state index contributed by atoms with van der Waals surface area (Å²) in [6.45, 7) is 0.986. The first-order valence-corrected chi connectivity index (χ1v) is 4.18. The Morgan fingerprint density at radius 1 is 1.64 bits per heavy atom. The van der Waals surface area contributed by atoms with Crippen molar-refractivity contribution < 1.29 is 9.90 Å². The van der Waals surface area contributed by atoms with Crippen LogP contribution in [0.1, 0.15) is 12.8 Å². The quantitative estimate of drug-likeness (QED) is 0.371. The molecular weight excluding hydrogens is 208 g/mol. The lowest BCUT2D eigenvalue weighted by atomic mass is 10.1. The van der Waals surface area contributed by atoms with Crippen molar-refractivity contribution >= 4 is 24.5 Å².